The molecule has 0 spiro atoms. The smallest absolute Gasteiger partial charge is 0.271 e. The van der Waals surface area contributed by atoms with Crippen molar-refractivity contribution < 1.29 is 14.6 Å². The normalized spacial score (nSPS) is 10.6. The topological polar surface area (TPSA) is 74.2 Å². The third kappa shape index (κ3) is 5.10. The molecule has 1 amide bonds. The molecule has 0 aliphatic rings. The molecule has 2 rings (SSSR count). The number of nitrogens with zero attached hydrogens (tertiary/aromatic N) is 2. The van der Waals surface area contributed by atoms with Crippen LogP contribution in [0.15, 0.2) is 53.6 Å². The maximum Gasteiger partial charge on any atom is 0.271 e. The summed E-state index contributed by atoms with van der Waals surface area (Å²) in [5.41, 5.74) is 4.84. The fraction of sp³-hybridized carbons (Fsp3) is 0.222. The minimum atomic E-state index is -0.274. The number of anilines is 1. The fourth-order valence-corrected chi connectivity index (χ4v) is 1.99. The molecule has 0 saturated heterocycles. The molecule has 0 atom stereocenters. The number of benzene rings is 2. The van der Waals surface area contributed by atoms with Gasteiger partial charge in [-0.1, -0.05) is 12.1 Å². The van der Waals surface area contributed by atoms with Gasteiger partial charge in [-0.3, -0.25) is 4.79 Å². The number of aliphatic hydroxyl groups is 1. The summed E-state index contributed by atoms with van der Waals surface area (Å²) in [4.78, 5) is 14.0. The second kappa shape index (κ2) is 8.69. The third-order valence-electron chi connectivity index (χ3n) is 3.24. The maximum absolute atomic E-state index is 12.0. The van der Waals surface area contributed by atoms with Crippen LogP contribution in [0.5, 0.6) is 5.75 Å². The van der Waals surface area contributed by atoms with Crippen molar-refractivity contribution in [2.45, 2.75) is 0 Å². The molecule has 0 aromatic heterocycles. The van der Waals surface area contributed by atoms with E-state index in [-0.39, 0.29) is 19.1 Å². The van der Waals surface area contributed by atoms with Crippen LogP contribution < -0.4 is 15.1 Å². The van der Waals surface area contributed by atoms with Crippen molar-refractivity contribution in [1.82, 2.24) is 5.43 Å². The Labute approximate surface area is 141 Å². The van der Waals surface area contributed by atoms with E-state index in [1.165, 1.54) is 6.21 Å². The Morgan fingerprint density at radius 1 is 1.25 bits per heavy atom. The highest BCUT2D eigenvalue weighted by Crippen LogP contribution is 2.13. The molecule has 24 heavy (non-hydrogen) atoms. The molecule has 0 unspecified atom stereocenters. The third-order valence-corrected chi connectivity index (χ3v) is 3.24. The summed E-state index contributed by atoms with van der Waals surface area (Å²) < 4.78 is 5.32. The second-order valence-electron chi connectivity index (χ2n) is 5.28. The summed E-state index contributed by atoms with van der Waals surface area (Å²) in [5.74, 6) is 0.364. The Bertz CT molecular complexity index is 697. The minimum absolute atomic E-state index is 0.0407. The Morgan fingerprint density at radius 2 is 2.00 bits per heavy atom. The summed E-state index contributed by atoms with van der Waals surface area (Å²) in [5, 5.41) is 12.7. The van der Waals surface area contributed by atoms with E-state index in [0.29, 0.717) is 11.3 Å². The molecule has 2 aromatic rings. The number of ether oxygens (including phenoxy) is 1. The van der Waals surface area contributed by atoms with E-state index < -0.39 is 0 Å². The molecule has 126 valence electrons. The van der Waals surface area contributed by atoms with E-state index in [4.69, 9.17) is 9.84 Å². The number of nitrogens with one attached hydrogen (secondary N) is 1. The van der Waals surface area contributed by atoms with Crippen molar-refractivity contribution in [2.24, 2.45) is 5.10 Å². The quantitative estimate of drug-likeness (QED) is 0.601. The number of hydrogen-bond donors (Lipinski definition) is 2. The van der Waals surface area contributed by atoms with Gasteiger partial charge in [-0.25, -0.2) is 5.43 Å². The van der Waals surface area contributed by atoms with Gasteiger partial charge in [-0.2, -0.15) is 5.10 Å². The van der Waals surface area contributed by atoms with Crippen LogP contribution in [0.4, 0.5) is 5.69 Å². The molecule has 0 bridgehead atoms. The molecule has 0 heterocycles. The van der Waals surface area contributed by atoms with Crippen LogP contribution in [-0.2, 0) is 0 Å². The fourth-order valence-electron chi connectivity index (χ4n) is 1.99. The highest BCUT2D eigenvalue weighted by molar-refractivity contribution is 5.95. The summed E-state index contributed by atoms with van der Waals surface area (Å²) in [6, 6.07) is 14.5. The first kappa shape index (κ1) is 17.5. The number of hydrazone groups is 1. The molecular formula is C18H21N3O3. The molecule has 0 aliphatic carbocycles. The lowest BCUT2D eigenvalue weighted by atomic mass is 10.2. The number of carbonyl (C=O) groups excluding carboxylic acids is 1. The van der Waals surface area contributed by atoms with Crippen LogP contribution >= 0.6 is 0 Å². The molecule has 0 aliphatic heterocycles. The number of carbonyl (C=O) groups is 1. The molecular weight excluding hydrogens is 306 g/mol. The van der Waals surface area contributed by atoms with Gasteiger partial charge in [0.1, 0.15) is 12.4 Å². The molecule has 2 aromatic carbocycles. The Hall–Kier alpha value is -2.86. The maximum atomic E-state index is 12.0. The zero-order valence-corrected chi connectivity index (χ0v) is 13.8. The SMILES string of the molecule is CN(C)c1ccc(C(=O)NN=Cc2cccc(OCCO)c2)cc1. The van der Waals surface area contributed by atoms with E-state index in [0.717, 1.165) is 11.3 Å². The highest BCUT2D eigenvalue weighted by atomic mass is 16.5. The second-order valence-corrected chi connectivity index (χ2v) is 5.28. The van der Waals surface area contributed by atoms with Crippen LogP contribution in [-0.4, -0.2) is 44.5 Å². The van der Waals surface area contributed by atoms with Crippen LogP contribution in [0.3, 0.4) is 0 Å². The van der Waals surface area contributed by atoms with Crippen LogP contribution in [0.25, 0.3) is 0 Å². The average Bonchev–Trinajstić information content (AvgIpc) is 2.60. The van der Waals surface area contributed by atoms with E-state index in [9.17, 15) is 4.79 Å². The van der Waals surface area contributed by atoms with Crippen molar-refractivity contribution in [3.05, 3.63) is 59.7 Å². The van der Waals surface area contributed by atoms with Gasteiger partial charge in [-0.15, -0.1) is 0 Å². The lowest BCUT2D eigenvalue weighted by Gasteiger charge is -2.12. The van der Waals surface area contributed by atoms with Crippen LogP contribution in [0.2, 0.25) is 0 Å². The molecule has 0 fully saturated rings. The number of hydrogen-bond acceptors (Lipinski definition) is 5. The molecule has 6 nitrogen and oxygen atoms in total. The van der Waals surface area contributed by atoms with Crippen LogP contribution in [0.1, 0.15) is 15.9 Å². The van der Waals surface area contributed by atoms with Crippen LogP contribution in [0, 0.1) is 0 Å². The van der Waals surface area contributed by atoms with Crippen molar-refractivity contribution in [3.8, 4) is 5.75 Å². The molecule has 2 N–H and O–H groups in total. The molecule has 6 heteroatoms. The van der Waals surface area contributed by atoms with Gasteiger partial charge in [-0.05, 0) is 42.0 Å². The summed E-state index contributed by atoms with van der Waals surface area (Å²) in [7, 11) is 3.88. The largest absolute Gasteiger partial charge is 0.491 e. The van der Waals surface area contributed by atoms with Gasteiger partial charge in [0.15, 0.2) is 0 Å². The lowest BCUT2D eigenvalue weighted by Crippen LogP contribution is -2.18. The van der Waals surface area contributed by atoms with Crippen molar-refractivity contribution in [2.75, 3.05) is 32.2 Å². The number of rotatable bonds is 7. The van der Waals surface area contributed by atoms with E-state index in [1.807, 2.05) is 43.3 Å². The molecule has 0 radical (unpaired) electrons. The van der Waals surface area contributed by atoms with Gasteiger partial charge in [0.25, 0.3) is 5.91 Å². The number of amides is 1. The zero-order chi connectivity index (χ0) is 17.4. The van der Waals surface area contributed by atoms with Gasteiger partial charge >= 0.3 is 0 Å². The Kier molecular flexibility index (Phi) is 6.33. The first-order valence-electron chi connectivity index (χ1n) is 7.54. The van der Waals surface area contributed by atoms with Gasteiger partial charge < -0.3 is 14.7 Å². The first-order chi connectivity index (χ1) is 11.6. The number of aliphatic hydroxyl groups excluding tert-OH is 1. The summed E-state index contributed by atoms with van der Waals surface area (Å²) in [6.45, 7) is 0.196. The van der Waals surface area contributed by atoms with Crippen molar-refractivity contribution >= 4 is 17.8 Å². The lowest BCUT2D eigenvalue weighted by molar-refractivity contribution is 0.0955. The van der Waals surface area contributed by atoms with E-state index in [2.05, 4.69) is 10.5 Å². The Balaban J connectivity index is 1.94. The van der Waals surface area contributed by atoms with E-state index in [1.54, 1.807) is 24.3 Å². The predicted octanol–water partition coefficient (Wildman–Crippen LogP) is 1.89. The average molecular weight is 327 g/mol. The molecule has 0 saturated carbocycles. The zero-order valence-electron chi connectivity index (χ0n) is 13.8. The Morgan fingerprint density at radius 3 is 2.67 bits per heavy atom. The predicted molar refractivity (Wildman–Crippen MR) is 94.9 cm³/mol. The highest BCUT2D eigenvalue weighted by Gasteiger charge is 2.04. The first-order valence-corrected chi connectivity index (χ1v) is 7.54. The van der Waals surface area contributed by atoms with Crippen molar-refractivity contribution in [1.29, 1.82) is 0 Å². The van der Waals surface area contributed by atoms with E-state index >= 15 is 0 Å². The summed E-state index contributed by atoms with van der Waals surface area (Å²) >= 11 is 0. The minimum Gasteiger partial charge on any atom is -0.491 e. The van der Waals surface area contributed by atoms with Crippen molar-refractivity contribution in [3.63, 3.8) is 0 Å². The van der Waals surface area contributed by atoms with Gasteiger partial charge in [0.05, 0.1) is 12.8 Å². The van der Waals surface area contributed by atoms with Gasteiger partial charge in [0.2, 0.25) is 0 Å². The monoisotopic (exact) mass is 327 g/mol. The summed E-state index contributed by atoms with van der Waals surface area (Å²) in [6.07, 6.45) is 1.54. The van der Waals surface area contributed by atoms with Gasteiger partial charge in [0, 0.05) is 25.3 Å². The standard InChI is InChI=1S/C18H21N3O3/c1-21(2)16-8-6-15(7-9-16)18(23)20-19-13-14-4-3-5-17(12-14)24-11-10-22/h3-9,12-13,22H,10-11H2,1-2H3,(H,20,23).